The lowest BCUT2D eigenvalue weighted by Gasteiger charge is -2.10. The van der Waals surface area contributed by atoms with E-state index in [0.29, 0.717) is 36.0 Å². The molecule has 178 valence electrons. The molecule has 0 aliphatic carbocycles. The summed E-state index contributed by atoms with van der Waals surface area (Å²) in [4.78, 5) is 0.191. The molecule has 0 aliphatic heterocycles. The first-order chi connectivity index (χ1) is 16.9. The van der Waals surface area contributed by atoms with Gasteiger partial charge in [0.2, 0.25) is 0 Å². The van der Waals surface area contributed by atoms with E-state index >= 15 is 0 Å². The third-order valence-electron chi connectivity index (χ3n) is 5.16. The van der Waals surface area contributed by atoms with Crippen LogP contribution in [0.3, 0.4) is 0 Å². The molecule has 0 saturated heterocycles. The Balaban J connectivity index is 1.40. The Morgan fingerprint density at radius 2 is 1.60 bits per heavy atom. The van der Waals surface area contributed by atoms with E-state index in [2.05, 4.69) is 16.6 Å². The lowest BCUT2D eigenvalue weighted by molar-refractivity contribution is 0.0927. The van der Waals surface area contributed by atoms with Gasteiger partial charge in [0.05, 0.1) is 24.3 Å². The maximum Gasteiger partial charge on any atom is 0.261 e. The zero-order valence-corrected chi connectivity index (χ0v) is 20.3. The molecule has 6 nitrogen and oxygen atoms in total. The molecule has 0 atom stereocenters. The highest BCUT2D eigenvalue weighted by Crippen LogP contribution is 2.20. The Hall–Kier alpha value is -3.99. The second kappa shape index (κ2) is 11.0. The number of para-hydroxylation sites is 1. The predicted molar refractivity (Wildman–Crippen MR) is 135 cm³/mol. The molecule has 0 unspecified atom stereocenters. The number of rotatable bonds is 8. The van der Waals surface area contributed by atoms with Crippen LogP contribution in [0.1, 0.15) is 28.2 Å². The van der Waals surface area contributed by atoms with Crippen molar-refractivity contribution in [2.45, 2.75) is 25.0 Å². The summed E-state index contributed by atoms with van der Waals surface area (Å²) < 4.78 is 44.8. The number of furan rings is 1. The van der Waals surface area contributed by atoms with Crippen LogP contribution in [-0.2, 0) is 28.0 Å². The van der Waals surface area contributed by atoms with Crippen LogP contribution in [0, 0.1) is 18.8 Å². The summed E-state index contributed by atoms with van der Waals surface area (Å²) in [6, 6.07) is 24.9. The number of aryl methyl sites for hydroxylation is 1. The molecule has 7 heteroatoms. The average molecular weight is 488 g/mol. The highest BCUT2D eigenvalue weighted by molar-refractivity contribution is 7.92. The maximum atomic E-state index is 12.8. The molecule has 0 bridgehead atoms. The second-order valence-corrected chi connectivity index (χ2v) is 9.50. The molecule has 3 aromatic carbocycles. The first-order valence-corrected chi connectivity index (χ1v) is 12.4. The molecule has 0 fully saturated rings. The molecule has 4 aromatic rings. The SMILES string of the molecule is COc1ccc(COCc2ccc(C#Cc3ccccc3NS(=O)(=O)c3ccc(C)cc3)o2)cc1. The van der Waals surface area contributed by atoms with Crippen LogP contribution in [0.5, 0.6) is 5.75 Å². The summed E-state index contributed by atoms with van der Waals surface area (Å²) in [5.74, 6) is 7.86. The molecule has 0 amide bonds. The summed E-state index contributed by atoms with van der Waals surface area (Å²) in [5, 5.41) is 0. The molecule has 0 spiro atoms. The van der Waals surface area contributed by atoms with Crippen molar-refractivity contribution in [2.24, 2.45) is 0 Å². The Morgan fingerprint density at radius 3 is 2.34 bits per heavy atom. The van der Waals surface area contributed by atoms with Crippen molar-refractivity contribution in [1.29, 1.82) is 0 Å². The van der Waals surface area contributed by atoms with Crippen molar-refractivity contribution in [3.05, 3.63) is 113 Å². The minimum atomic E-state index is -3.73. The van der Waals surface area contributed by atoms with E-state index in [-0.39, 0.29) is 4.90 Å². The Labute approximate surface area is 205 Å². The van der Waals surface area contributed by atoms with Crippen LogP contribution >= 0.6 is 0 Å². The van der Waals surface area contributed by atoms with Gasteiger partial charge in [0.25, 0.3) is 10.0 Å². The van der Waals surface area contributed by atoms with Crippen LogP contribution in [0.15, 0.2) is 94.2 Å². The first-order valence-electron chi connectivity index (χ1n) is 10.9. The average Bonchev–Trinajstić information content (AvgIpc) is 3.32. The van der Waals surface area contributed by atoms with E-state index in [1.807, 2.05) is 37.3 Å². The minimum absolute atomic E-state index is 0.191. The lowest BCUT2D eigenvalue weighted by atomic mass is 10.2. The molecule has 0 saturated carbocycles. The number of hydrogen-bond acceptors (Lipinski definition) is 5. The van der Waals surface area contributed by atoms with Gasteiger partial charge in [-0.25, -0.2) is 8.42 Å². The van der Waals surface area contributed by atoms with Gasteiger partial charge in [0.1, 0.15) is 18.1 Å². The van der Waals surface area contributed by atoms with Gasteiger partial charge in [0, 0.05) is 5.56 Å². The van der Waals surface area contributed by atoms with Crippen molar-refractivity contribution in [3.63, 3.8) is 0 Å². The second-order valence-electron chi connectivity index (χ2n) is 7.82. The number of sulfonamides is 1. The van der Waals surface area contributed by atoms with Gasteiger partial charge >= 0.3 is 0 Å². The summed E-state index contributed by atoms with van der Waals surface area (Å²) in [7, 11) is -2.10. The van der Waals surface area contributed by atoms with E-state index in [9.17, 15) is 8.42 Å². The van der Waals surface area contributed by atoms with E-state index in [4.69, 9.17) is 13.9 Å². The number of hydrogen-bond donors (Lipinski definition) is 1. The van der Waals surface area contributed by atoms with Crippen molar-refractivity contribution < 1.29 is 22.3 Å². The lowest BCUT2D eigenvalue weighted by Crippen LogP contribution is -2.13. The van der Waals surface area contributed by atoms with Gasteiger partial charge in [-0.1, -0.05) is 47.9 Å². The fraction of sp³-hybridized carbons (Fsp3) is 0.143. The highest BCUT2D eigenvalue weighted by atomic mass is 32.2. The zero-order valence-electron chi connectivity index (χ0n) is 19.4. The molecular formula is C28H25NO5S. The van der Waals surface area contributed by atoms with Crippen molar-refractivity contribution in [1.82, 2.24) is 0 Å². The van der Waals surface area contributed by atoms with Gasteiger partial charge < -0.3 is 13.9 Å². The number of benzene rings is 3. The van der Waals surface area contributed by atoms with Gasteiger partial charge in [-0.15, -0.1) is 0 Å². The van der Waals surface area contributed by atoms with E-state index in [0.717, 1.165) is 16.9 Å². The normalized spacial score (nSPS) is 10.9. The summed E-state index contributed by atoms with van der Waals surface area (Å²) >= 11 is 0. The van der Waals surface area contributed by atoms with Gasteiger partial charge in [-0.2, -0.15) is 0 Å². The summed E-state index contributed by atoms with van der Waals surface area (Å²) in [5.41, 5.74) is 2.95. The van der Waals surface area contributed by atoms with E-state index in [1.165, 1.54) is 0 Å². The predicted octanol–water partition coefficient (Wildman–Crippen LogP) is 5.51. The number of nitrogens with one attached hydrogen (secondary N) is 1. The van der Waals surface area contributed by atoms with Crippen molar-refractivity contribution in [3.8, 4) is 17.6 Å². The molecule has 0 radical (unpaired) electrons. The Kier molecular flexibility index (Phi) is 7.56. The van der Waals surface area contributed by atoms with Crippen LogP contribution < -0.4 is 9.46 Å². The topological polar surface area (TPSA) is 77.8 Å². The molecule has 4 rings (SSSR count). The molecule has 1 aromatic heterocycles. The van der Waals surface area contributed by atoms with Crippen LogP contribution in [0.4, 0.5) is 5.69 Å². The van der Waals surface area contributed by atoms with Gasteiger partial charge in [0.15, 0.2) is 5.76 Å². The quantitative estimate of drug-likeness (QED) is 0.332. The fourth-order valence-corrected chi connectivity index (χ4v) is 4.32. The molecule has 0 aliphatic rings. The summed E-state index contributed by atoms with van der Waals surface area (Å²) in [6.07, 6.45) is 0. The monoisotopic (exact) mass is 487 g/mol. The van der Waals surface area contributed by atoms with Gasteiger partial charge in [-0.05, 0) is 66.9 Å². The maximum absolute atomic E-state index is 12.8. The van der Waals surface area contributed by atoms with Crippen LogP contribution in [0.25, 0.3) is 0 Å². The Morgan fingerprint density at radius 1 is 0.857 bits per heavy atom. The molecular weight excluding hydrogens is 462 g/mol. The third kappa shape index (κ3) is 6.54. The first kappa shape index (κ1) is 24.1. The largest absolute Gasteiger partial charge is 0.497 e. The van der Waals surface area contributed by atoms with E-state index in [1.54, 1.807) is 61.7 Å². The number of methoxy groups -OCH3 is 1. The molecule has 1 N–H and O–H groups in total. The molecule has 35 heavy (non-hydrogen) atoms. The van der Waals surface area contributed by atoms with Crippen molar-refractivity contribution >= 4 is 15.7 Å². The smallest absolute Gasteiger partial charge is 0.261 e. The molecule has 1 heterocycles. The zero-order chi connectivity index (χ0) is 24.7. The van der Waals surface area contributed by atoms with Crippen molar-refractivity contribution in [2.75, 3.05) is 11.8 Å². The third-order valence-corrected chi connectivity index (χ3v) is 6.54. The highest BCUT2D eigenvalue weighted by Gasteiger charge is 2.15. The van der Waals surface area contributed by atoms with Crippen LogP contribution in [-0.4, -0.2) is 15.5 Å². The Bertz CT molecular complexity index is 1440. The van der Waals surface area contributed by atoms with E-state index < -0.39 is 10.0 Å². The van der Waals surface area contributed by atoms with Crippen LogP contribution in [0.2, 0.25) is 0 Å². The number of ether oxygens (including phenoxy) is 2. The fourth-order valence-electron chi connectivity index (χ4n) is 3.25. The van der Waals surface area contributed by atoms with Gasteiger partial charge in [-0.3, -0.25) is 4.72 Å². The minimum Gasteiger partial charge on any atom is -0.497 e. The summed E-state index contributed by atoms with van der Waals surface area (Å²) in [6.45, 7) is 2.66. The standard InChI is InChI=1S/C28H25NO5S/c1-21-7-17-27(18-8-21)35(30,31)29-28-6-4-3-5-23(28)11-14-25-15-16-26(34-25)20-33-19-22-9-12-24(32-2)13-10-22/h3-10,12-13,15-18,29H,19-20H2,1-2H3. The number of anilines is 1.